The zero-order valence-corrected chi connectivity index (χ0v) is 8.38. The fourth-order valence-corrected chi connectivity index (χ4v) is 1.34. The second-order valence-corrected chi connectivity index (χ2v) is 3.24. The Hall–Kier alpha value is -1.82. The number of hydrogen-bond donors (Lipinski definition) is 2. The van der Waals surface area contributed by atoms with Crippen molar-refractivity contribution in [2.45, 2.75) is 0 Å². The Morgan fingerprint density at radius 3 is 2.47 bits per heavy atom. The molecule has 0 saturated heterocycles. The van der Waals surface area contributed by atoms with Crippen molar-refractivity contribution in [1.29, 1.82) is 0 Å². The van der Waals surface area contributed by atoms with Crippen molar-refractivity contribution in [1.82, 2.24) is 15.0 Å². The molecule has 1 aromatic heterocycles. The van der Waals surface area contributed by atoms with Gasteiger partial charge in [0.25, 0.3) is 0 Å². The molecule has 3 N–H and O–H groups in total. The lowest BCUT2D eigenvalue weighted by molar-refractivity contribution is 0.628. The molecular weight excluding hydrogens is 215 g/mol. The van der Waals surface area contributed by atoms with Gasteiger partial charge in [-0.15, -0.1) is 0 Å². The van der Waals surface area contributed by atoms with Crippen LogP contribution < -0.4 is 5.73 Å². The normalized spacial score (nSPS) is 10.2. The first-order valence-corrected chi connectivity index (χ1v) is 4.56. The number of nitrogens with zero attached hydrogens (tertiary/aromatic N) is 2. The van der Waals surface area contributed by atoms with Crippen LogP contribution in [0.4, 0.5) is 10.3 Å². The monoisotopic (exact) mass is 222 g/mol. The van der Waals surface area contributed by atoms with Gasteiger partial charge in [0, 0.05) is 5.56 Å². The summed E-state index contributed by atoms with van der Waals surface area (Å²) in [5, 5.41) is 0. The fraction of sp³-hybridized carbons (Fsp3) is 0. The maximum Gasteiger partial charge on any atom is 0.224 e. The number of nitrogen functional groups attached to an aromatic ring is 1. The quantitative estimate of drug-likeness (QED) is 0.723. The number of halogens is 1. The Morgan fingerprint density at radius 1 is 1.20 bits per heavy atom. The lowest BCUT2D eigenvalue weighted by atomic mass is 10.2. The molecule has 6 heteroatoms. The molecule has 1 heterocycles. The largest absolute Gasteiger partial charge is 0.369 e. The average molecular weight is 222 g/mol. The molecule has 0 aliphatic rings. The molecule has 0 amide bonds. The van der Waals surface area contributed by atoms with Crippen molar-refractivity contribution in [3.8, 4) is 11.4 Å². The number of H-pyrrole nitrogens is 1. The van der Waals surface area contributed by atoms with Crippen molar-refractivity contribution in [3.63, 3.8) is 0 Å². The highest BCUT2D eigenvalue weighted by atomic mass is 32.1. The van der Waals surface area contributed by atoms with Crippen LogP contribution in [0.3, 0.4) is 0 Å². The Kier molecular flexibility index (Phi) is 2.42. The molecule has 0 spiro atoms. The molecule has 0 aliphatic heterocycles. The number of nitrogens with one attached hydrogen (secondary N) is 1. The zero-order chi connectivity index (χ0) is 10.8. The van der Waals surface area contributed by atoms with E-state index in [4.69, 9.17) is 18.0 Å². The smallest absolute Gasteiger partial charge is 0.224 e. The zero-order valence-electron chi connectivity index (χ0n) is 7.57. The molecule has 0 bridgehead atoms. The van der Waals surface area contributed by atoms with Gasteiger partial charge in [-0.1, -0.05) is 0 Å². The summed E-state index contributed by atoms with van der Waals surface area (Å²) in [5.41, 5.74) is 6.18. The minimum Gasteiger partial charge on any atom is -0.369 e. The molecule has 2 rings (SSSR count). The number of aromatic nitrogens is 3. The molecule has 0 atom stereocenters. The molecule has 2 aromatic rings. The van der Waals surface area contributed by atoms with Crippen LogP contribution in [0.2, 0.25) is 0 Å². The summed E-state index contributed by atoms with van der Waals surface area (Å²) in [6.07, 6.45) is 0. The van der Waals surface area contributed by atoms with E-state index < -0.39 is 0 Å². The predicted octanol–water partition coefficient (Wildman–Crippen LogP) is 1.92. The van der Waals surface area contributed by atoms with Crippen LogP contribution in [-0.4, -0.2) is 15.0 Å². The summed E-state index contributed by atoms with van der Waals surface area (Å²) < 4.78 is 12.8. The van der Waals surface area contributed by atoms with Gasteiger partial charge in [0.15, 0.2) is 0 Å². The van der Waals surface area contributed by atoms with E-state index in [1.807, 2.05) is 0 Å². The summed E-state index contributed by atoms with van der Waals surface area (Å²) >= 11 is 4.82. The van der Waals surface area contributed by atoms with E-state index in [1.165, 1.54) is 12.1 Å². The third kappa shape index (κ3) is 2.16. The average Bonchev–Trinajstić information content (AvgIpc) is 2.17. The maximum atomic E-state index is 12.7. The SMILES string of the molecule is Nc1nc(=S)nc(-c2ccc(F)cc2)[nH]1. The number of hydrogen-bond acceptors (Lipinski definition) is 4. The Balaban J connectivity index is 2.54. The number of nitrogens with two attached hydrogens (primary N) is 1. The molecule has 0 saturated carbocycles. The van der Waals surface area contributed by atoms with Gasteiger partial charge in [-0.25, -0.2) is 9.37 Å². The summed E-state index contributed by atoms with van der Waals surface area (Å²) in [5.74, 6) is 0.362. The molecule has 1 aromatic carbocycles. The molecule has 15 heavy (non-hydrogen) atoms. The summed E-state index contributed by atoms with van der Waals surface area (Å²) in [7, 11) is 0. The van der Waals surface area contributed by atoms with Crippen molar-refractivity contribution in [2.75, 3.05) is 5.73 Å². The van der Waals surface area contributed by atoms with Gasteiger partial charge in [0.05, 0.1) is 0 Å². The molecular formula is C9H7FN4S. The van der Waals surface area contributed by atoms with E-state index in [9.17, 15) is 4.39 Å². The highest BCUT2D eigenvalue weighted by Gasteiger charge is 2.01. The number of benzene rings is 1. The first-order chi connectivity index (χ1) is 7.15. The van der Waals surface area contributed by atoms with Crippen LogP contribution in [0, 0.1) is 10.6 Å². The van der Waals surface area contributed by atoms with E-state index in [0.29, 0.717) is 11.4 Å². The number of anilines is 1. The second-order valence-electron chi connectivity index (χ2n) is 2.87. The van der Waals surface area contributed by atoms with Crippen LogP contribution in [0.5, 0.6) is 0 Å². The van der Waals surface area contributed by atoms with Crippen molar-refractivity contribution in [3.05, 3.63) is 34.9 Å². The molecule has 0 radical (unpaired) electrons. The first-order valence-electron chi connectivity index (χ1n) is 4.15. The third-order valence-electron chi connectivity index (χ3n) is 1.79. The third-order valence-corrected chi connectivity index (χ3v) is 1.97. The minimum absolute atomic E-state index is 0.158. The fourth-order valence-electron chi connectivity index (χ4n) is 1.15. The van der Waals surface area contributed by atoms with Gasteiger partial charge in [-0.2, -0.15) is 4.98 Å². The maximum absolute atomic E-state index is 12.7. The van der Waals surface area contributed by atoms with Crippen LogP contribution in [0.15, 0.2) is 24.3 Å². The van der Waals surface area contributed by atoms with Crippen LogP contribution in [0.25, 0.3) is 11.4 Å². The highest BCUT2D eigenvalue weighted by Crippen LogP contribution is 2.14. The van der Waals surface area contributed by atoms with Gasteiger partial charge in [-0.3, -0.25) is 0 Å². The van der Waals surface area contributed by atoms with Gasteiger partial charge in [-0.05, 0) is 36.5 Å². The summed E-state index contributed by atoms with van der Waals surface area (Å²) in [6.45, 7) is 0. The van der Waals surface area contributed by atoms with Gasteiger partial charge in [0.1, 0.15) is 11.6 Å². The predicted molar refractivity (Wildman–Crippen MR) is 57.0 cm³/mol. The van der Waals surface area contributed by atoms with E-state index in [-0.39, 0.29) is 16.5 Å². The van der Waals surface area contributed by atoms with E-state index >= 15 is 0 Å². The molecule has 4 nitrogen and oxygen atoms in total. The van der Waals surface area contributed by atoms with E-state index in [2.05, 4.69) is 15.0 Å². The Morgan fingerprint density at radius 2 is 1.87 bits per heavy atom. The Labute approximate surface area is 90.0 Å². The van der Waals surface area contributed by atoms with Crippen molar-refractivity contribution < 1.29 is 4.39 Å². The lowest BCUT2D eigenvalue weighted by Crippen LogP contribution is -1.99. The topological polar surface area (TPSA) is 67.6 Å². The number of rotatable bonds is 1. The standard InChI is InChI=1S/C9H7FN4S/c10-6-3-1-5(2-4-6)7-12-8(11)14-9(15)13-7/h1-4H,(H3,11,12,13,14,15). The molecule has 76 valence electrons. The molecule has 0 fully saturated rings. The minimum atomic E-state index is -0.306. The van der Waals surface area contributed by atoms with Crippen molar-refractivity contribution >= 4 is 18.2 Å². The van der Waals surface area contributed by atoms with Crippen LogP contribution in [0.1, 0.15) is 0 Å². The number of aromatic amines is 1. The molecule has 0 aliphatic carbocycles. The van der Waals surface area contributed by atoms with Crippen molar-refractivity contribution in [2.24, 2.45) is 0 Å². The summed E-state index contributed by atoms with van der Waals surface area (Å²) in [6, 6.07) is 5.85. The summed E-state index contributed by atoms with van der Waals surface area (Å²) in [4.78, 5) is 10.5. The Bertz CT molecular complexity index is 535. The van der Waals surface area contributed by atoms with Crippen LogP contribution in [-0.2, 0) is 0 Å². The highest BCUT2D eigenvalue weighted by molar-refractivity contribution is 7.71. The second kappa shape index (κ2) is 3.74. The van der Waals surface area contributed by atoms with Crippen LogP contribution >= 0.6 is 12.2 Å². The first kappa shape index (κ1) is 9.72. The van der Waals surface area contributed by atoms with Gasteiger partial charge >= 0.3 is 0 Å². The lowest BCUT2D eigenvalue weighted by Gasteiger charge is -2.01. The van der Waals surface area contributed by atoms with E-state index in [0.717, 1.165) is 0 Å². The molecule has 0 unspecified atom stereocenters. The van der Waals surface area contributed by atoms with E-state index in [1.54, 1.807) is 12.1 Å². The van der Waals surface area contributed by atoms with Gasteiger partial charge < -0.3 is 10.7 Å². The van der Waals surface area contributed by atoms with Gasteiger partial charge in [0.2, 0.25) is 10.7 Å².